The fourth-order valence-corrected chi connectivity index (χ4v) is 2.71. The van der Waals surface area contributed by atoms with E-state index in [2.05, 4.69) is 13.0 Å². The van der Waals surface area contributed by atoms with E-state index in [0.717, 1.165) is 22.1 Å². The highest BCUT2D eigenvalue weighted by Crippen LogP contribution is 2.26. The van der Waals surface area contributed by atoms with Crippen molar-refractivity contribution in [2.45, 2.75) is 11.8 Å². The lowest BCUT2D eigenvalue weighted by molar-refractivity contribution is 0.344. The van der Waals surface area contributed by atoms with Gasteiger partial charge in [0, 0.05) is 21.4 Å². The highest BCUT2D eigenvalue weighted by molar-refractivity contribution is 7.99. The molecular weight excluding hydrogens is 278 g/mol. The van der Waals surface area contributed by atoms with Crippen molar-refractivity contribution in [2.24, 2.45) is 0 Å². The number of anilines is 1. The van der Waals surface area contributed by atoms with Gasteiger partial charge in [0.25, 0.3) is 0 Å². The first kappa shape index (κ1) is 14.1. The van der Waals surface area contributed by atoms with Crippen molar-refractivity contribution < 1.29 is 4.74 Å². The molecule has 2 aromatic rings. The molecule has 0 saturated carbocycles. The van der Waals surface area contributed by atoms with Gasteiger partial charge in [0.05, 0.1) is 6.61 Å². The molecule has 0 saturated heterocycles. The van der Waals surface area contributed by atoms with Crippen molar-refractivity contribution in [3.63, 3.8) is 0 Å². The Morgan fingerprint density at radius 1 is 1.21 bits per heavy atom. The Kier molecular flexibility index (Phi) is 5.00. The van der Waals surface area contributed by atoms with Crippen molar-refractivity contribution >= 4 is 29.1 Å². The van der Waals surface area contributed by atoms with Crippen LogP contribution in [0.5, 0.6) is 5.75 Å². The van der Waals surface area contributed by atoms with Gasteiger partial charge in [-0.3, -0.25) is 0 Å². The minimum atomic E-state index is 0.623. The van der Waals surface area contributed by atoms with Gasteiger partial charge in [-0.05, 0) is 42.8 Å². The molecule has 2 nitrogen and oxygen atoms in total. The van der Waals surface area contributed by atoms with Crippen LogP contribution in [0.1, 0.15) is 5.56 Å². The van der Waals surface area contributed by atoms with Crippen LogP contribution in [0.25, 0.3) is 0 Å². The summed E-state index contributed by atoms with van der Waals surface area (Å²) in [6.07, 6.45) is 0. The van der Waals surface area contributed by atoms with Gasteiger partial charge < -0.3 is 10.5 Å². The van der Waals surface area contributed by atoms with Crippen molar-refractivity contribution in [1.82, 2.24) is 0 Å². The Labute approximate surface area is 122 Å². The summed E-state index contributed by atoms with van der Waals surface area (Å²) in [6, 6.07) is 13.5. The fourth-order valence-electron chi connectivity index (χ4n) is 1.63. The van der Waals surface area contributed by atoms with Gasteiger partial charge >= 0.3 is 0 Å². The second kappa shape index (κ2) is 6.73. The second-order valence-corrected chi connectivity index (χ2v) is 5.77. The van der Waals surface area contributed by atoms with Gasteiger partial charge in [-0.2, -0.15) is 0 Å². The molecule has 0 heterocycles. The lowest BCUT2D eigenvalue weighted by Gasteiger charge is -2.08. The second-order valence-electron chi connectivity index (χ2n) is 4.20. The van der Waals surface area contributed by atoms with Gasteiger partial charge in [0.1, 0.15) is 5.75 Å². The van der Waals surface area contributed by atoms with Gasteiger partial charge in [-0.25, -0.2) is 0 Å². The lowest BCUT2D eigenvalue weighted by atomic mass is 10.2. The summed E-state index contributed by atoms with van der Waals surface area (Å²) in [6.45, 7) is 2.68. The first-order chi connectivity index (χ1) is 9.15. The average Bonchev–Trinajstić information content (AvgIpc) is 2.39. The quantitative estimate of drug-likeness (QED) is 0.504. The molecular formula is C15H16ClNOS. The van der Waals surface area contributed by atoms with Gasteiger partial charge in [0.2, 0.25) is 0 Å². The Morgan fingerprint density at radius 3 is 2.84 bits per heavy atom. The van der Waals surface area contributed by atoms with Crippen LogP contribution in [-0.2, 0) is 0 Å². The highest BCUT2D eigenvalue weighted by Gasteiger charge is 2.01. The van der Waals surface area contributed by atoms with Crippen LogP contribution in [0.4, 0.5) is 5.69 Å². The molecule has 100 valence electrons. The third-order valence-corrected chi connectivity index (χ3v) is 3.85. The van der Waals surface area contributed by atoms with Crippen molar-refractivity contribution in [2.75, 3.05) is 18.1 Å². The number of hydrogen-bond donors (Lipinski definition) is 1. The third-order valence-electron chi connectivity index (χ3n) is 2.57. The van der Waals surface area contributed by atoms with Gasteiger partial charge in [-0.1, -0.05) is 23.7 Å². The van der Waals surface area contributed by atoms with E-state index in [1.54, 1.807) is 11.8 Å². The van der Waals surface area contributed by atoms with E-state index in [9.17, 15) is 0 Å². The number of benzene rings is 2. The molecule has 0 atom stereocenters. The summed E-state index contributed by atoms with van der Waals surface area (Å²) in [5.41, 5.74) is 7.96. The number of thioether (sulfide) groups is 1. The molecule has 0 spiro atoms. The lowest BCUT2D eigenvalue weighted by Crippen LogP contribution is -2.00. The third kappa shape index (κ3) is 4.37. The Hall–Kier alpha value is -1.32. The molecule has 2 aromatic carbocycles. The molecule has 0 aliphatic heterocycles. The maximum atomic E-state index is 5.92. The molecule has 0 radical (unpaired) electrons. The number of aryl methyl sites for hydroxylation is 1. The fraction of sp³-hybridized carbons (Fsp3) is 0.200. The molecule has 0 aromatic heterocycles. The summed E-state index contributed by atoms with van der Waals surface area (Å²) in [4.78, 5) is 1.11. The van der Waals surface area contributed by atoms with Crippen molar-refractivity contribution in [3.05, 3.63) is 53.1 Å². The zero-order valence-corrected chi connectivity index (χ0v) is 12.3. The Balaban J connectivity index is 1.82. The summed E-state index contributed by atoms with van der Waals surface area (Å²) in [5, 5.41) is 0.688. The molecule has 2 N–H and O–H groups in total. The molecule has 4 heteroatoms. The topological polar surface area (TPSA) is 35.2 Å². The van der Waals surface area contributed by atoms with E-state index in [0.29, 0.717) is 11.6 Å². The molecule has 0 unspecified atom stereocenters. The van der Waals surface area contributed by atoms with Crippen LogP contribution in [0.2, 0.25) is 5.02 Å². The van der Waals surface area contributed by atoms with Crippen molar-refractivity contribution in [3.8, 4) is 5.75 Å². The molecule has 0 fully saturated rings. The summed E-state index contributed by atoms with van der Waals surface area (Å²) >= 11 is 7.59. The zero-order valence-electron chi connectivity index (χ0n) is 10.7. The van der Waals surface area contributed by atoms with Crippen LogP contribution in [0, 0.1) is 6.92 Å². The van der Waals surface area contributed by atoms with Crippen LogP contribution in [-0.4, -0.2) is 12.4 Å². The normalized spacial score (nSPS) is 10.4. The van der Waals surface area contributed by atoms with E-state index in [1.807, 2.05) is 36.4 Å². The number of ether oxygens (including phenoxy) is 1. The van der Waals surface area contributed by atoms with Crippen LogP contribution in [0.3, 0.4) is 0 Å². The van der Waals surface area contributed by atoms with Gasteiger partial charge in [-0.15, -0.1) is 11.8 Å². The summed E-state index contributed by atoms with van der Waals surface area (Å²) in [7, 11) is 0. The minimum Gasteiger partial charge on any atom is -0.493 e. The van der Waals surface area contributed by atoms with E-state index < -0.39 is 0 Å². The number of halogens is 1. The van der Waals surface area contributed by atoms with E-state index in [1.165, 1.54) is 5.56 Å². The number of nitrogens with two attached hydrogens (primary N) is 1. The van der Waals surface area contributed by atoms with Crippen LogP contribution in [0.15, 0.2) is 47.4 Å². The standard InChI is InChI=1S/C15H16ClNOS/c1-11-5-6-14(17)15(9-11)19-8-7-18-13-4-2-3-12(16)10-13/h2-6,9-10H,7-8,17H2,1H3. The average molecular weight is 294 g/mol. The zero-order chi connectivity index (χ0) is 13.7. The summed E-state index contributed by atoms with van der Waals surface area (Å²) in [5.74, 6) is 1.64. The molecule has 2 rings (SSSR count). The maximum Gasteiger partial charge on any atom is 0.120 e. The van der Waals surface area contributed by atoms with Crippen LogP contribution < -0.4 is 10.5 Å². The van der Waals surface area contributed by atoms with E-state index >= 15 is 0 Å². The minimum absolute atomic E-state index is 0.623. The predicted octanol–water partition coefficient (Wildman–Crippen LogP) is 4.40. The molecule has 0 aliphatic carbocycles. The number of rotatable bonds is 5. The van der Waals surface area contributed by atoms with E-state index in [-0.39, 0.29) is 0 Å². The van der Waals surface area contributed by atoms with Gasteiger partial charge in [0.15, 0.2) is 0 Å². The highest BCUT2D eigenvalue weighted by atomic mass is 35.5. The summed E-state index contributed by atoms with van der Waals surface area (Å²) < 4.78 is 5.63. The smallest absolute Gasteiger partial charge is 0.120 e. The first-order valence-electron chi connectivity index (χ1n) is 6.02. The molecule has 0 bridgehead atoms. The predicted molar refractivity (Wildman–Crippen MR) is 83.3 cm³/mol. The largest absolute Gasteiger partial charge is 0.493 e. The Morgan fingerprint density at radius 2 is 2.05 bits per heavy atom. The van der Waals surface area contributed by atoms with Crippen LogP contribution >= 0.6 is 23.4 Å². The molecule has 0 amide bonds. The first-order valence-corrected chi connectivity index (χ1v) is 7.39. The molecule has 19 heavy (non-hydrogen) atoms. The SMILES string of the molecule is Cc1ccc(N)c(SCCOc2cccc(Cl)c2)c1. The molecule has 0 aliphatic rings. The maximum absolute atomic E-state index is 5.92. The number of nitrogen functional groups attached to an aromatic ring is 1. The Bertz CT molecular complexity index is 560. The van der Waals surface area contributed by atoms with Crippen molar-refractivity contribution in [1.29, 1.82) is 0 Å². The monoisotopic (exact) mass is 293 g/mol. The van der Waals surface area contributed by atoms with E-state index in [4.69, 9.17) is 22.1 Å². The number of hydrogen-bond acceptors (Lipinski definition) is 3.